The van der Waals surface area contributed by atoms with Gasteiger partial charge in [0.25, 0.3) is 0 Å². The molecule has 2 rings (SSSR count). The lowest BCUT2D eigenvalue weighted by molar-refractivity contribution is 0.0141. The monoisotopic (exact) mass is 180 g/mol. The van der Waals surface area contributed by atoms with E-state index < -0.39 is 12.2 Å². The Labute approximate surface area is 76.3 Å². The topological polar surface area (TPSA) is 60.7 Å². The molecule has 70 valence electrons. The molecule has 0 unspecified atom stereocenters. The van der Waals surface area contributed by atoms with Crippen molar-refractivity contribution in [2.45, 2.75) is 25.0 Å². The summed E-state index contributed by atoms with van der Waals surface area (Å²) in [6.45, 7) is 0. The van der Waals surface area contributed by atoms with Crippen LogP contribution < -0.4 is 0 Å². The SMILES string of the molecule is Oc1ccc2c(c1)C[C@H](O)[C@H](O)C2. The third-order valence-electron chi connectivity index (χ3n) is 2.49. The summed E-state index contributed by atoms with van der Waals surface area (Å²) in [7, 11) is 0. The molecule has 0 aromatic heterocycles. The smallest absolute Gasteiger partial charge is 0.115 e. The van der Waals surface area contributed by atoms with Crippen LogP contribution in [0.2, 0.25) is 0 Å². The summed E-state index contributed by atoms with van der Waals surface area (Å²) in [4.78, 5) is 0. The van der Waals surface area contributed by atoms with E-state index in [2.05, 4.69) is 0 Å². The summed E-state index contributed by atoms with van der Waals surface area (Å²) in [6.07, 6.45) is -0.479. The molecule has 3 nitrogen and oxygen atoms in total. The number of fused-ring (bicyclic) bond motifs is 1. The largest absolute Gasteiger partial charge is 0.508 e. The Balaban J connectivity index is 2.37. The van der Waals surface area contributed by atoms with Crippen molar-refractivity contribution in [2.75, 3.05) is 0 Å². The Morgan fingerprint density at radius 2 is 1.62 bits per heavy atom. The summed E-state index contributed by atoms with van der Waals surface area (Å²) < 4.78 is 0. The molecule has 0 saturated carbocycles. The minimum absolute atomic E-state index is 0.210. The van der Waals surface area contributed by atoms with Crippen LogP contribution >= 0.6 is 0 Å². The predicted octanol–water partition coefficient (Wildman–Crippen LogP) is 0.213. The van der Waals surface area contributed by atoms with Gasteiger partial charge < -0.3 is 15.3 Å². The first-order valence-corrected chi connectivity index (χ1v) is 4.33. The van der Waals surface area contributed by atoms with Crippen molar-refractivity contribution >= 4 is 0 Å². The molecule has 0 heterocycles. The van der Waals surface area contributed by atoms with Crippen LogP contribution in [0.5, 0.6) is 5.75 Å². The zero-order chi connectivity index (χ0) is 9.42. The van der Waals surface area contributed by atoms with E-state index in [0.29, 0.717) is 12.8 Å². The fourth-order valence-electron chi connectivity index (χ4n) is 1.72. The van der Waals surface area contributed by atoms with Crippen molar-refractivity contribution in [3.05, 3.63) is 29.3 Å². The van der Waals surface area contributed by atoms with Gasteiger partial charge in [0.15, 0.2) is 0 Å². The van der Waals surface area contributed by atoms with Gasteiger partial charge >= 0.3 is 0 Å². The molecule has 1 aromatic rings. The third kappa shape index (κ3) is 1.53. The van der Waals surface area contributed by atoms with E-state index in [1.165, 1.54) is 0 Å². The van der Waals surface area contributed by atoms with E-state index in [9.17, 15) is 15.3 Å². The van der Waals surface area contributed by atoms with E-state index in [-0.39, 0.29) is 5.75 Å². The van der Waals surface area contributed by atoms with Crippen LogP contribution in [0.4, 0.5) is 0 Å². The highest BCUT2D eigenvalue weighted by molar-refractivity contribution is 5.37. The molecule has 0 radical (unpaired) electrons. The molecule has 1 aromatic carbocycles. The van der Waals surface area contributed by atoms with Crippen molar-refractivity contribution in [3.8, 4) is 5.75 Å². The molecule has 3 heteroatoms. The van der Waals surface area contributed by atoms with Gasteiger partial charge in [0.1, 0.15) is 5.75 Å². The normalized spacial score (nSPS) is 26.9. The molecule has 3 N–H and O–H groups in total. The number of aromatic hydroxyl groups is 1. The molecule has 1 aliphatic rings. The van der Waals surface area contributed by atoms with Crippen molar-refractivity contribution in [1.82, 2.24) is 0 Å². The van der Waals surface area contributed by atoms with Crippen LogP contribution in [0.3, 0.4) is 0 Å². The maximum Gasteiger partial charge on any atom is 0.115 e. The number of benzene rings is 1. The zero-order valence-corrected chi connectivity index (χ0v) is 7.14. The average Bonchev–Trinajstić information content (AvgIpc) is 2.08. The molecule has 2 atom stereocenters. The van der Waals surface area contributed by atoms with Gasteiger partial charge in [-0.1, -0.05) is 6.07 Å². The summed E-state index contributed by atoms with van der Waals surface area (Å²) in [5, 5.41) is 28.0. The van der Waals surface area contributed by atoms with Crippen LogP contribution in [-0.2, 0) is 12.8 Å². The second-order valence-corrected chi connectivity index (χ2v) is 3.50. The third-order valence-corrected chi connectivity index (χ3v) is 2.49. The Bertz CT molecular complexity index is 322. The number of hydrogen-bond acceptors (Lipinski definition) is 3. The van der Waals surface area contributed by atoms with E-state index in [1.807, 2.05) is 0 Å². The first-order chi connectivity index (χ1) is 6.16. The van der Waals surface area contributed by atoms with Gasteiger partial charge in [-0.2, -0.15) is 0 Å². The van der Waals surface area contributed by atoms with Crippen molar-refractivity contribution in [3.63, 3.8) is 0 Å². The van der Waals surface area contributed by atoms with E-state index in [1.54, 1.807) is 18.2 Å². The molecule has 0 aliphatic heterocycles. The number of rotatable bonds is 0. The standard InChI is InChI=1S/C10H12O3/c11-8-2-1-6-4-9(12)10(13)5-7(6)3-8/h1-3,9-13H,4-5H2/t9-,10+/m1/s1. The molecule has 0 bridgehead atoms. The van der Waals surface area contributed by atoms with E-state index in [0.717, 1.165) is 11.1 Å². The van der Waals surface area contributed by atoms with Gasteiger partial charge in [0.2, 0.25) is 0 Å². The van der Waals surface area contributed by atoms with Crippen LogP contribution in [-0.4, -0.2) is 27.5 Å². The number of hydrogen-bond donors (Lipinski definition) is 3. The molecular weight excluding hydrogens is 168 g/mol. The first-order valence-electron chi connectivity index (χ1n) is 4.33. The first kappa shape index (κ1) is 8.53. The number of aliphatic hydroxyl groups excluding tert-OH is 2. The van der Waals surface area contributed by atoms with Gasteiger partial charge in [0.05, 0.1) is 12.2 Å². The lowest BCUT2D eigenvalue weighted by Crippen LogP contribution is -2.34. The average molecular weight is 180 g/mol. The fourth-order valence-corrected chi connectivity index (χ4v) is 1.72. The minimum atomic E-state index is -0.700. The van der Waals surface area contributed by atoms with Crippen LogP contribution in [0.25, 0.3) is 0 Å². The molecule has 0 fully saturated rings. The number of aliphatic hydroxyl groups is 2. The lowest BCUT2D eigenvalue weighted by Gasteiger charge is -2.25. The molecule has 0 amide bonds. The van der Waals surface area contributed by atoms with Crippen LogP contribution in [0, 0.1) is 0 Å². The maximum atomic E-state index is 9.38. The molecule has 0 saturated heterocycles. The minimum Gasteiger partial charge on any atom is -0.508 e. The van der Waals surface area contributed by atoms with Crippen molar-refractivity contribution < 1.29 is 15.3 Å². The van der Waals surface area contributed by atoms with Crippen molar-refractivity contribution in [2.24, 2.45) is 0 Å². The zero-order valence-electron chi connectivity index (χ0n) is 7.14. The van der Waals surface area contributed by atoms with Gasteiger partial charge in [-0.25, -0.2) is 0 Å². The van der Waals surface area contributed by atoms with E-state index >= 15 is 0 Å². The Kier molecular flexibility index (Phi) is 1.98. The second kappa shape index (κ2) is 3.01. The highest BCUT2D eigenvalue weighted by atomic mass is 16.3. The summed E-state index contributed by atoms with van der Waals surface area (Å²) in [5.41, 5.74) is 1.94. The second-order valence-electron chi connectivity index (χ2n) is 3.50. The Morgan fingerprint density at radius 3 is 2.31 bits per heavy atom. The molecule has 13 heavy (non-hydrogen) atoms. The van der Waals surface area contributed by atoms with Gasteiger partial charge in [-0.05, 0) is 23.3 Å². The van der Waals surface area contributed by atoms with Crippen LogP contribution in [0.15, 0.2) is 18.2 Å². The number of phenols is 1. The summed E-state index contributed by atoms with van der Waals surface area (Å²) in [6, 6.07) is 5.04. The van der Waals surface area contributed by atoms with Gasteiger partial charge in [0, 0.05) is 12.8 Å². The van der Waals surface area contributed by atoms with Gasteiger partial charge in [-0.3, -0.25) is 0 Å². The van der Waals surface area contributed by atoms with Crippen molar-refractivity contribution in [1.29, 1.82) is 0 Å². The van der Waals surface area contributed by atoms with E-state index in [4.69, 9.17) is 0 Å². The molecule has 1 aliphatic carbocycles. The predicted molar refractivity (Wildman–Crippen MR) is 47.5 cm³/mol. The summed E-state index contributed by atoms with van der Waals surface area (Å²) >= 11 is 0. The molecule has 0 spiro atoms. The highest BCUT2D eigenvalue weighted by Crippen LogP contribution is 2.25. The quantitative estimate of drug-likeness (QED) is 0.535. The highest BCUT2D eigenvalue weighted by Gasteiger charge is 2.24. The Morgan fingerprint density at radius 1 is 1.00 bits per heavy atom. The van der Waals surface area contributed by atoms with Gasteiger partial charge in [-0.15, -0.1) is 0 Å². The number of phenolic OH excluding ortho intramolecular Hbond substituents is 1. The Hall–Kier alpha value is -1.06. The fraction of sp³-hybridized carbons (Fsp3) is 0.400. The summed E-state index contributed by atoms with van der Waals surface area (Å²) in [5.74, 6) is 0.210. The lowest BCUT2D eigenvalue weighted by atomic mass is 9.88. The molecular formula is C10H12O3. The van der Waals surface area contributed by atoms with Crippen LogP contribution in [0.1, 0.15) is 11.1 Å². The maximum absolute atomic E-state index is 9.38.